The molecule has 8 heteroatoms. The Balaban J connectivity index is 1.38. The van der Waals surface area contributed by atoms with E-state index < -0.39 is 11.7 Å². The van der Waals surface area contributed by atoms with E-state index in [9.17, 15) is 22.8 Å². The van der Waals surface area contributed by atoms with Crippen LogP contribution in [0.3, 0.4) is 0 Å². The van der Waals surface area contributed by atoms with Gasteiger partial charge in [0.15, 0.2) is 0 Å². The average molecular weight is 489 g/mol. The van der Waals surface area contributed by atoms with E-state index >= 15 is 0 Å². The van der Waals surface area contributed by atoms with Gasteiger partial charge in [0.2, 0.25) is 5.91 Å². The number of aryl methyl sites for hydroxylation is 1. The van der Waals surface area contributed by atoms with E-state index in [0.717, 1.165) is 30.5 Å². The summed E-state index contributed by atoms with van der Waals surface area (Å²) in [4.78, 5) is 28.0. The maximum atomic E-state index is 13.0. The Hall–Kier alpha value is -2.74. The number of hydrogen-bond donors (Lipinski definition) is 1. The van der Waals surface area contributed by atoms with Crippen LogP contribution < -0.4 is 5.32 Å². The normalized spacial score (nSPS) is 24.1. The van der Waals surface area contributed by atoms with Crippen molar-refractivity contribution in [2.24, 2.45) is 5.92 Å². The summed E-state index contributed by atoms with van der Waals surface area (Å²) >= 11 is 1.47. The fourth-order valence-corrected chi connectivity index (χ4v) is 5.97. The van der Waals surface area contributed by atoms with Crippen molar-refractivity contribution in [1.82, 2.24) is 10.2 Å². The molecule has 1 aliphatic carbocycles. The average Bonchev–Trinajstić information content (AvgIpc) is 2.81. The molecule has 180 valence electrons. The third kappa shape index (κ3) is 5.49. The summed E-state index contributed by atoms with van der Waals surface area (Å²) in [6, 6.07) is 12.8. The predicted molar refractivity (Wildman–Crippen MR) is 128 cm³/mol. The number of hydrogen-bond acceptors (Lipinski definition) is 3. The van der Waals surface area contributed by atoms with E-state index in [1.165, 1.54) is 29.5 Å². The molecule has 2 amide bonds. The van der Waals surface area contributed by atoms with Crippen molar-refractivity contribution in [2.75, 3.05) is 7.05 Å². The molecule has 3 unspecified atom stereocenters. The second-order valence-corrected chi connectivity index (χ2v) is 10.3. The molecule has 0 spiro atoms. The van der Waals surface area contributed by atoms with Gasteiger partial charge in [-0.25, -0.2) is 0 Å². The van der Waals surface area contributed by atoms with E-state index in [-0.39, 0.29) is 29.0 Å². The molecule has 0 aromatic heterocycles. The molecule has 1 N–H and O–H groups in total. The van der Waals surface area contributed by atoms with Crippen molar-refractivity contribution >= 4 is 29.7 Å². The van der Waals surface area contributed by atoms with E-state index in [4.69, 9.17) is 0 Å². The molecule has 4 rings (SSSR count). The van der Waals surface area contributed by atoms with Crippen LogP contribution in [0.5, 0.6) is 0 Å². The van der Waals surface area contributed by atoms with Crippen molar-refractivity contribution in [3.8, 4) is 0 Å². The highest BCUT2D eigenvalue weighted by Gasteiger charge is 2.42. The lowest BCUT2D eigenvalue weighted by Gasteiger charge is -2.44. The Morgan fingerprint density at radius 2 is 1.79 bits per heavy atom. The highest BCUT2D eigenvalue weighted by atomic mass is 32.2. The molecule has 1 aliphatic heterocycles. The number of thioether (sulfide) groups is 1. The Bertz CT molecular complexity index is 1080. The molecular formula is C26H27F3N2O2S. The number of rotatable bonds is 4. The Labute approximate surface area is 201 Å². The van der Waals surface area contributed by atoms with Gasteiger partial charge >= 0.3 is 6.18 Å². The highest BCUT2D eigenvalue weighted by molar-refractivity contribution is 8.04. The number of fused-ring (bicyclic) bond motifs is 1. The summed E-state index contributed by atoms with van der Waals surface area (Å²) < 4.78 is 38.4. The van der Waals surface area contributed by atoms with Gasteiger partial charge in [-0.3, -0.25) is 9.59 Å². The largest absolute Gasteiger partial charge is 0.416 e. The van der Waals surface area contributed by atoms with Gasteiger partial charge in [-0.1, -0.05) is 42.0 Å². The summed E-state index contributed by atoms with van der Waals surface area (Å²) in [5.41, 5.74) is 2.06. The lowest BCUT2D eigenvalue weighted by atomic mass is 9.83. The Kier molecular flexibility index (Phi) is 7.07. The standard InChI is InChI=1S/C26H27F3N2O2S/c1-16-3-5-18(6-4-16)15-30-24(32)19-9-12-22-21(14-19)31(2)25(33)23(34-22)13-17-7-10-20(11-8-17)26(27,28)29/h3-8,10-11,13,19,21-22H,9,12,14-15H2,1-2H3,(H,30,32)/b23-13-. The molecule has 1 heterocycles. The molecule has 0 bridgehead atoms. The minimum Gasteiger partial charge on any atom is -0.352 e. The summed E-state index contributed by atoms with van der Waals surface area (Å²) in [5.74, 6) is -0.300. The molecule has 4 nitrogen and oxygen atoms in total. The third-order valence-corrected chi connectivity index (χ3v) is 7.95. The molecule has 1 saturated heterocycles. The number of nitrogens with zero attached hydrogens (tertiary/aromatic N) is 1. The molecule has 2 aromatic rings. The molecule has 3 atom stereocenters. The first kappa shape index (κ1) is 24.4. The topological polar surface area (TPSA) is 49.4 Å². The van der Waals surface area contributed by atoms with E-state index in [1.807, 2.05) is 31.2 Å². The van der Waals surface area contributed by atoms with Crippen LogP contribution >= 0.6 is 11.8 Å². The predicted octanol–water partition coefficient (Wildman–Crippen LogP) is 5.41. The number of amides is 2. The molecule has 1 saturated carbocycles. The van der Waals surface area contributed by atoms with Gasteiger partial charge < -0.3 is 10.2 Å². The van der Waals surface area contributed by atoms with Gasteiger partial charge in [-0.15, -0.1) is 11.8 Å². The fourth-order valence-electron chi connectivity index (χ4n) is 4.49. The monoisotopic (exact) mass is 488 g/mol. The van der Waals surface area contributed by atoms with Gasteiger partial charge in [0, 0.05) is 30.8 Å². The van der Waals surface area contributed by atoms with Crippen LogP contribution in [0.4, 0.5) is 13.2 Å². The van der Waals surface area contributed by atoms with Gasteiger partial charge in [0.25, 0.3) is 5.91 Å². The highest BCUT2D eigenvalue weighted by Crippen LogP contribution is 2.43. The third-order valence-electron chi connectivity index (χ3n) is 6.56. The Morgan fingerprint density at radius 3 is 2.44 bits per heavy atom. The summed E-state index contributed by atoms with van der Waals surface area (Å²) in [5, 5.41) is 3.18. The van der Waals surface area contributed by atoms with Crippen molar-refractivity contribution in [2.45, 2.75) is 50.2 Å². The second-order valence-electron chi connectivity index (χ2n) is 8.98. The van der Waals surface area contributed by atoms with E-state index in [2.05, 4.69) is 5.32 Å². The molecule has 2 aliphatic rings. The van der Waals surface area contributed by atoms with Crippen molar-refractivity contribution in [3.05, 3.63) is 75.7 Å². The zero-order chi connectivity index (χ0) is 24.5. The summed E-state index contributed by atoms with van der Waals surface area (Å²) in [7, 11) is 1.74. The van der Waals surface area contributed by atoms with E-state index in [0.29, 0.717) is 23.4 Å². The SMILES string of the molecule is Cc1ccc(CNC(=O)C2CCC3S/C(=C\c4ccc(C(F)(F)F)cc4)C(=O)N(C)C3C2)cc1. The van der Waals surface area contributed by atoms with Crippen LogP contribution in [0.15, 0.2) is 53.4 Å². The minimum absolute atomic E-state index is 0.0102. The van der Waals surface area contributed by atoms with Crippen LogP contribution in [0.1, 0.15) is 41.5 Å². The molecular weight excluding hydrogens is 461 g/mol. The van der Waals surface area contributed by atoms with Crippen LogP contribution in [0, 0.1) is 12.8 Å². The first-order valence-corrected chi connectivity index (χ1v) is 12.2. The smallest absolute Gasteiger partial charge is 0.352 e. The Morgan fingerprint density at radius 1 is 1.12 bits per heavy atom. The van der Waals surface area contributed by atoms with Gasteiger partial charge in [-0.05, 0) is 55.5 Å². The lowest BCUT2D eigenvalue weighted by Crippen LogP contribution is -2.52. The second kappa shape index (κ2) is 9.86. The zero-order valence-electron chi connectivity index (χ0n) is 19.1. The number of likely N-dealkylation sites (N-methyl/N-ethyl adjacent to an activating group) is 1. The lowest BCUT2D eigenvalue weighted by molar-refractivity contribution is -0.137. The van der Waals surface area contributed by atoms with E-state index in [1.54, 1.807) is 18.0 Å². The zero-order valence-corrected chi connectivity index (χ0v) is 19.9. The summed E-state index contributed by atoms with van der Waals surface area (Å²) in [6.07, 6.45) is -0.601. The number of halogens is 3. The van der Waals surface area contributed by atoms with Crippen LogP contribution in [-0.4, -0.2) is 35.1 Å². The molecule has 2 fully saturated rings. The first-order chi connectivity index (χ1) is 16.1. The first-order valence-electron chi connectivity index (χ1n) is 11.3. The number of benzene rings is 2. The van der Waals surface area contributed by atoms with Gasteiger partial charge in [-0.2, -0.15) is 13.2 Å². The maximum Gasteiger partial charge on any atom is 0.416 e. The van der Waals surface area contributed by atoms with Crippen molar-refractivity contribution in [1.29, 1.82) is 0 Å². The molecule has 2 aromatic carbocycles. The van der Waals surface area contributed by atoms with Crippen LogP contribution in [0.2, 0.25) is 0 Å². The number of alkyl halides is 3. The maximum absolute atomic E-state index is 13.0. The number of carbonyl (C=O) groups excluding carboxylic acids is 2. The number of nitrogens with one attached hydrogen (secondary N) is 1. The fraction of sp³-hybridized carbons (Fsp3) is 0.385. The quantitative estimate of drug-likeness (QED) is 0.586. The molecule has 34 heavy (non-hydrogen) atoms. The minimum atomic E-state index is -4.39. The number of carbonyl (C=O) groups is 2. The van der Waals surface area contributed by atoms with Crippen molar-refractivity contribution in [3.63, 3.8) is 0 Å². The summed E-state index contributed by atoms with van der Waals surface area (Å²) in [6.45, 7) is 2.50. The van der Waals surface area contributed by atoms with Gasteiger partial charge in [0.1, 0.15) is 0 Å². The van der Waals surface area contributed by atoms with Crippen LogP contribution in [-0.2, 0) is 22.3 Å². The van der Waals surface area contributed by atoms with Crippen LogP contribution in [0.25, 0.3) is 6.08 Å². The molecule has 0 radical (unpaired) electrons. The van der Waals surface area contributed by atoms with Crippen molar-refractivity contribution < 1.29 is 22.8 Å². The van der Waals surface area contributed by atoms with Gasteiger partial charge in [0.05, 0.1) is 10.5 Å².